The highest BCUT2D eigenvalue weighted by Gasteiger charge is 2.19. The van der Waals surface area contributed by atoms with Crippen molar-refractivity contribution in [2.75, 3.05) is 5.32 Å². The lowest BCUT2D eigenvalue weighted by Crippen LogP contribution is -2.14. The molecular formula is C22H24N2O2. The summed E-state index contributed by atoms with van der Waals surface area (Å²) in [4.78, 5) is 24.4. The van der Waals surface area contributed by atoms with Gasteiger partial charge in [-0.25, -0.2) is 0 Å². The number of hydrogen-bond acceptors (Lipinski definition) is 3. The molecule has 0 heterocycles. The molecule has 134 valence electrons. The number of Topliss-reactive ketones (excluding diaryl/α,β-unsaturated/α-hetero) is 1. The van der Waals surface area contributed by atoms with E-state index in [9.17, 15) is 14.9 Å². The van der Waals surface area contributed by atoms with E-state index in [0.29, 0.717) is 12.0 Å². The highest BCUT2D eigenvalue weighted by Crippen LogP contribution is 2.20. The summed E-state index contributed by atoms with van der Waals surface area (Å²) in [5.74, 6) is -1.03. The number of amides is 1. The lowest BCUT2D eigenvalue weighted by Gasteiger charge is -2.10. The van der Waals surface area contributed by atoms with Crippen molar-refractivity contribution in [3.63, 3.8) is 0 Å². The SMILES string of the molecule is Cc1ccc(C(C#N)C(=O)CCCC(=O)Nc2ccc(C)c(C)c2)cc1. The molecule has 0 saturated carbocycles. The predicted molar refractivity (Wildman–Crippen MR) is 103 cm³/mol. The van der Waals surface area contributed by atoms with Gasteiger partial charge in [-0.1, -0.05) is 35.9 Å². The fraction of sp³-hybridized carbons (Fsp3) is 0.318. The van der Waals surface area contributed by atoms with Crippen molar-refractivity contribution in [2.45, 2.75) is 46.0 Å². The quantitative estimate of drug-likeness (QED) is 0.795. The normalized spacial score (nSPS) is 11.5. The number of anilines is 1. The molecule has 0 aliphatic heterocycles. The van der Waals surface area contributed by atoms with E-state index in [1.54, 1.807) is 0 Å². The number of aryl methyl sites for hydroxylation is 3. The van der Waals surface area contributed by atoms with E-state index in [4.69, 9.17) is 0 Å². The van der Waals surface area contributed by atoms with Gasteiger partial charge in [0, 0.05) is 18.5 Å². The molecule has 26 heavy (non-hydrogen) atoms. The first-order chi connectivity index (χ1) is 12.4. The second-order valence-corrected chi connectivity index (χ2v) is 6.64. The number of nitriles is 1. The van der Waals surface area contributed by atoms with Gasteiger partial charge in [0.15, 0.2) is 5.78 Å². The van der Waals surface area contributed by atoms with Crippen LogP contribution in [0.2, 0.25) is 0 Å². The van der Waals surface area contributed by atoms with Crippen LogP contribution in [-0.4, -0.2) is 11.7 Å². The van der Waals surface area contributed by atoms with E-state index < -0.39 is 5.92 Å². The van der Waals surface area contributed by atoms with E-state index in [1.807, 2.05) is 63.2 Å². The second-order valence-electron chi connectivity index (χ2n) is 6.64. The molecule has 0 radical (unpaired) electrons. The Kier molecular flexibility index (Phi) is 6.68. The molecule has 2 rings (SSSR count). The maximum absolute atomic E-state index is 12.3. The number of nitrogens with one attached hydrogen (secondary N) is 1. The standard InChI is InChI=1S/C22H24N2O2/c1-15-7-10-18(11-8-15)20(14-23)21(25)5-4-6-22(26)24-19-12-9-16(2)17(3)13-19/h7-13,20H,4-6H2,1-3H3,(H,24,26). The van der Waals surface area contributed by atoms with Gasteiger partial charge in [-0.2, -0.15) is 5.26 Å². The van der Waals surface area contributed by atoms with E-state index in [-0.39, 0.29) is 24.5 Å². The molecule has 1 amide bonds. The highest BCUT2D eigenvalue weighted by atomic mass is 16.1. The Hall–Kier alpha value is -2.93. The summed E-state index contributed by atoms with van der Waals surface area (Å²) in [6.45, 7) is 5.98. The summed E-state index contributed by atoms with van der Waals surface area (Å²) in [6.07, 6.45) is 0.900. The first-order valence-electron chi connectivity index (χ1n) is 8.76. The van der Waals surface area contributed by atoms with Gasteiger partial charge in [-0.3, -0.25) is 9.59 Å². The number of rotatable bonds is 7. The first kappa shape index (κ1) is 19.4. The minimum absolute atomic E-state index is 0.120. The molecule has 0 aliphatic rings. The van der Waals surface area contributed by atoms with Crippen molar-refractivity contribution in [1.29, 1.82) is 5.26 Å². The number of carbonyl (C=O) groups is 2. The van der Waals surface area contributed by atoms with Crippen molar-refractivity contribution in [2.24, 2.45) is 0 Å². The van der Waals surface area contributed by atoms with Crippen molar-refractivity contribution < 1.29 is 9.59 Å². The summed E-state index contributed by atoms with van der Waals surface area (Å²) >= 11 is 0. The van der Waals surface area contributed by atoms with E-state index in [2.05, 4.69) is 11.4 Å². The van der Waals surface area contributed by atoms with Crippen LogP contribution in [-0.2, 0) is 9.59 Å². The second kappa shape index (κ2) is 8.96. The predicted octanol–water partition coefficient (Wildman–Crippen LogP) is 4.60. The van der Waals surface area contributed by atoms with Crippen LogP contribution in [0.4, 0.5) is 5.69 Å². The molecule has 1 unspecified atom stereocenters. The number of hydrogen-bond donors (Lipinski definition) is 1. The molecule has 0 aliphatic carbocycles. The number of carbonyl (C=O) groups excluding carboxylic acids is 2. The Bertz CT molecular complexity index is 832. The molecule has 0 aromatic heterocycles. The largest absolute Gasteiger partial charge is 0.326 e. The summed E-state index contributed by atoms with van der Waals surface area (Å²) in [5.41, 5.74) is 4.85. The van der Waals surface area contributed by atoms with Crippen molar-refractivity contribution >= 4 is 17.4 Å². The lowest BCUT2D eigenvalue weighted by atomic mass is 9.92. The Labute approximate surface area is 154 Å². The summed E-state index contributed by atoms with van der Waals surface area (Å²) in [7, 11) is 0. The molecule has 0 bridgehead atoms. The van der Waals surface area contributed by atoms with Crippen LogP contribution in [0, 0.1) is 32.1 Å². The number of nitrogens with zero attached hydrogens (tertiary/aromatic N) is 1. The van der Waals surface area contributed by atoms with Crippen LogP contribution in [0.1, 0.15) is 47.4 Å². The van der Waals surface area contributed by atoms with E-state index in [1.165, 1.54) is 5.56 Å². The van der Waals surface area contributed by atoms with Crippen molar-refractivity contribution in [1.82, 2.24) is 0 Å². The fourth-order valence-corrected chi connectivity index (χ4v) is 2.70. The fourth-order valence-electron chi connectivity index (χ4n) is 2.70. The van der Waals surface area contributed by atoms with Gasteiger partial charge in [-0.05, 0) is 56.0 Å². The lowest BCUT2D eigenvalue weighted by molar-refractivity contribution is -0.119. The van der Waals surface area contributed by atoms with Crippen LogP contribution in [0.15, 0.2) is 42.5 Å². The third kappa shape index (κ3) is 5.29. The topological polar surface area (TPSA) is 70.0 Å². The van der Waals surface area contributed by atoms with Gasteiger partial charge in [0.05, 0.1) is 6.07 Å². The molecule has 0 fully saturated rings. The zero-order chi connectivity index (χ0) is 19.1. The maximum atomic E-state index is 12.3. The van der Waals surface area contributed by atoms with Gasteiger partial charge in [-0.15, -0.1) is 0 Å². The molecule has 2 aromatic rings. The minimum atomic E-state index is -0.765. The Morgan fingerprint density at radius 2 is 1.69 bits per heavy atom. The maximum Gasteiger partial charge on any atom is 0.224 e. The zero-order valence-corrected chi connectivity index (χ0v) is 15.5. The van der Waals surface area contributed by atoms with Crippen LogP contribution >= 0.6 is 0 Å². The van der Waals surface area contributed by atoms with Crippen molar-refractivity contribution in [3.8, 4) is 6.07 Å². The summed E-state index contributed by atoms with van der Waals surface area (Å²) in [5, 5.41) is 12.2. The third-order valence-electron chi connectivity index (χ3n) is 4.48. The van der Waals surface area contributed by atoms with Crippen LogP contribution in [0.3, 0.4) is 0 Å². The average molecular weight is 348 g/mol. The first-order valence-corrected chi connectivity index (χ1v) is 8.76. The zero-order valence-electron chi connectivity index (χ0n) is 15.5. The highest BCUT2D eigenvalue weighted by molar-refractivity contribution is 5.92. The Morgan fingerprint density at radius 1 is 1.00 bits per heavy atom. The van der Waals surface area contributed by atoms with Gasteiger partial charge in [0.25, 0.3) is 0 Å². The summed E-state index contributed by atoms with van der Waals surface area (Å²) in [6, 6.07) is 15.3. The van der Waals surface area contributed by atoms with Gasteiger partial charge < -0.3 is 5.32 Å². The molecule has 4 heteroatoms. The van der Waals surface area contributed by atoms with Crippen LogP contribution in [0.25, 0.3) is 0 Å². The Morgan fingerprint density at radius 3 is 2.31 bits per heavy atom. The molecule has 0 spiro atoms. The van der Waals surface area contributed by atoms with Crippen molar-refractivity contribution in [3.05, 3.63) is 64.7 Å². The van der Waals surface area contributed by atoms with E-state index >= 15 is 0 Å². The number of ketones is 1. The molecule has 4 nitrogen and oxygen atoms in total. The monoisotopic (exact) mass is 348 g/mol. The van der Waals surface area contributed by atoms with Crippen LogP contribution in [0.5, 0.6) is 0 Å². The molecule has 1 atom stereocenters. The molecule has 1 N–H and O–H groups in total. The van der Waals surface area contributed by atoms with Gasteiger partial charge in [0.1, 0.15) is 5.92 Å². The van der Waals surface area contributed by atoms with Gasteiger partial charge >= 0.3 is 0 Å². The van der Waals surface area contributed by atoms with E-state index in [0.717, 1.165) is 16.8 Å². The third-order valence-corrected chi connectivity index (χ3v) is 4.48. The summed E-state index contributed by atoms with van der Waals surface area (Å²) < 4.78 is 0. The molecule has 0 saturated heterocycles. The smallest absolute Gasteiger partial charge is 0.224 e. The molecular weight excluding hydrogens is 324 g/mol. The molecule has 2 aromatic carbocycles. The minimum Gasteiger partial charge on any atom is -0.326 e. The average Bonchev–Trinajstić information content (AvgIpc) is 2.60. The van der Waals surface area contributed by atoms with Crippen LogP contribution < -0.4 is 5.32 Å². The van der Waals surface area contributed by atoms with Gasteiger partial charge in [0.2, 0.25) is 5.91 Å². The Balaban J connectivity index is 1.84. The number of benzene rings is 2.